The largest absolute Gasteiger partial charge is 0.497 e. The standard InChI is InChI=1S/C23H21NO4S/c1-3-4-9-18(25)24-23-19(14-10-12-15(27-2)13-11-14)20(26)22-21(28-23)16-7-5-6-8-17(16)29-22/h5-8,10-13H,3-4,9H2,1-2H3,(H,24,25). The van der Waals surface area contributed by atoms with Crippen LogP contribution < -0.4 is 15.5 Å². The van der Waals surface area contributed by atoms with E-state index in [1.807, 2.05) is 31.2 Å². The van der Waals surface area contributed by atoms with E-state index in [-0.39, 0.29) is 17.2 Å². The number of hydrogen-bond acceptors (Lipinski definition) is 5. The molecule has 2 heterocycles. The Morgan fingerprint density at radius 3 is 2.62 bits per heavy atom. The molecule has 0 unspecified atom stereocenters. The molecule has 1 N–H and O–H groups in total. The number of ether oxygens (including phenoxy) is 1. The van der Waals surface area contributed by atoms with E-state index >= 15 is 0 Å². The summed E-state index contributed by atoms with van der Waals surface area (Å²) in [6.07, 6.45) is 2.07. The monoisotopic (exact) mass is 407 g/mol. The van der Waals surface area contributed by atoms with Gasteiger partial charge in [0.2, 0.25) is 17.2 Å². The van der Waals surface area contributed by atoms with Gasteiger partial charge >= 0.3 is 0 Å². The molecule has 0 fully saturated rings. The van der Waals surface area contributed by atoms with Gasteiger partial charge in [0.1, 0.15) is 10.4 Å². The summed E-state index contributed by atoms with van der Waals surface area (Å²) in [5, 5.41) is 3.70. The van der Waals surface area contributed by atoms with Crippen molar-refractivity contribution in [1.29, 1.82) is 0 Å². The molecule has 0 spiro atoms. The lowest BCUT2D eigenvalue weighted by Crippen LogP contribution is -2.15. The quantitative estimate of drug-likeness (QED) is 0.438. The molecule has 4 aromatic rings. The molecule has 0 bridgehead atoms. The molecular weight excluding hydrogens is 386 g/mol. The maximum absolute atomic E-state index is 13.4. The van der Waals surface area contributed by atoms with E-state index < -0.39 is 0 Å². The van der Waals surface area contributed by atoms with Crippen molar-refractivity contribution in [1.82, 2.24) is 0 Å². The molecule has 0 atom stereocenters. The number of anilines is 1. The molecule has 0 saturated heterocycles. The lowest BCUT2D eigenvalue weighted by Gasteiger charge is -2.11. The number of carbonyl (C=O) groups excluding carboxylic acids is 1. The molecule has 0 radical (unpaired) electrons. The Balaban J connectivity index is 1.93. The van der Waals surface area contributed by atoms with Crippen LogP contribution in [0.25, 0.3) is 31.5 Å². The van der Waals surface area contributed by atoms with Gasteiger partial charge in [0, 0.05) is 16.5 Å². The van der Waals surface area contributed by atoms with E-state index in [1.165, 1.54) is 11.3 Å². The summed E-state index contributed by atoms with van der Waals surface area (Å²) in [7, 11) is 1.59. The lowest BCUT2D eigenvalue weighted by atomic mass is 10.1. The van der Waals surface area contributed by atoms with Crippen LogP contribution >= 0.6 is 11.3 Å². The van der Waals surface area contributed by atoms with Crippen molar-refractivity contribution in [2.24, 2.45) is 0 Å². The first-order valence-electron chi connectivity index (χ1n) is 9.55. The Labute approximate surface area is 171 Å². The Bertz CT molecular complexity index is 1240. The minimum atomic E-state index is -0.163. The van der Waals surface area contributed by atoms with E-state index in [4.69, 9.17) is 9.15 Å². The summed E-state index contributed by atoms with van der Waals surface area (Å²) >= 11 is 1.40. The third-order valence-corrected chi connectivity index (χ3v) is 5.95. The van der Waals surface area contributed by atoms with Crippen LogP contribution in [-0.2, 0) is 4.79 Å². The summed E-state index contributed by atoms with van der Waals surface area (Å²) in [6, 6.07) is 14.9. The fraction of sp³-hybridized carbons (Fsp3) is 0.217. The van der Waals surface area contributed by atoms with Gasteiger partial charge in [-0.15, -0.1) is 11.3 Å². The van der Waals surface area contributed by atoms with E-state index in [9.17, 15) is 9.59 Å². The first-order chi connectivity index (χ1) is 14.1. The summed E-state index contributed by atoms with van der Waals surface area (Å²) in [6.45, 7) is 2.03. The number of benzene rings is 2. The fourth-order valence-corrected chi connectivity index (χ4v) is 4.35. The Morgan fingerprint density at radius 2 is 1.90 bits per heavy atom. The highest BCUT2D eigenvalue weighted by atomic mass is 32.1. The maximum atomic E-state index is 13.4. The number of amides is 1. The zero-order valence-corrected chi connectivity index (χ0v) is 17.1. The zero-order chi connectivity index (χ0) is 20.4. The molecule has 148 valence electrons. The predicted octanol–water partition coefficient (Wildman–Crippen LogP) is 5.81. The van der Waals surface area contributed by atoms with Gasteiger partial charge in [-0.1, -0.05) is 37.6 Å². The second kappa shape index (κ2) is 8.09. The smallest absolute Gasteiger partial charge is 0.226 e. The van der Waals surface area contributed by atoms with Gasteiger partial charge in [0.25, 0.3) is 0 Å². The van der Waals surface area contributed by atoms with Crippen LogP contribution in [0.3, 0.4) is 0 Å². The minimum absolute atomic E-state index is 0.150. The van der Waals surface area contributed by atoms with Crippen LogP contribution in [0.5, 0.6) is 5.75 Å². The maximum Gasteiger partial charge on any atom is 0.226 e. The molecule has 0 aliphatic rings. The number of rotatable bonds is 6. The Hall–Kier alpha value is -3.12. The summed E-state index contributed by atoms with van der Waals surface area (Å²) < 4.78 is 12.9. The molecule has 2 aromatic heterocycles. The van der Waals surface area contributed by atoms with Crippen molar-refractivity contribution in [2.75, 3.05) is 12.4 Å². The van der Waals surface area contributed by atoms with Gasteiger partial charge in [0.05, 0.1) is 12.7 Å². The number of carbonyl (C=O) groups is 1. The fourth-order valence-electron chi connectivity index (χ4n) is 3.28. The highest BCUT2D eigenvalue weighted by Crippen LogP contribution is 2.37. The molecule has 29 heavy (non-hydrogen) atoms. The zero-order valence-electron chi connectivity index (χ0n) is 16.3. The van der Waals surface area contributed by atoms with Crippen LogP contribution in [0.15, 0.2) is 57.7 Å². The normalized spacial score (nSPS) is 11.1. The summed E-state index contributed by atoms with van der Waals surface area (Å²) in [5.74, 6) is 0.718. The second-order valence-corrected chi connectivity index (χ2v) is 7.82. The number of methoxy groups -OCH3 is 1. The van der Waals surface area contributed by atoms with Crippen LogP contribution in [0.2, 0.25) is 0 Å². The van der Waals surface area contributed by atoms with Crippen LogP contribution in [0, 0.1) is 0 Å². The van der Waals surface area contributed by atoms with Gasteiger partial charge in [-0.3, -0.25) is 14.9 Å². The number of unbranched alkanes of at least 4 members (excludes halogenated alkanes) is 1. The average Bonchev–Trinajstić information content (AvgIpc) is 3.12. The van der Waals surface area contributed by atoms with E-state index in [1.54, 1.807) is 31.4 Å². The van der Waals surface area contributed by atoms with Gasteiger partial charge in [-0.05, 0) is 36.2 Å². The Morgan fingerprint density at radius 1 is 1.14 bits per heavy atom. The Kier molecular flexibility index (Phi) is 5.36. The molecule has 0 saturated carbocycles. The van der Waals surface area contributed by atoms with Crippen LogP contribution in [0.1, 0.15) is 26.2 Å². The molecule has 0 aliphatic carbocycles. The van der Waals surface area contributed by atoms with Crippen molar-refractivity contribution < 1.29 is 13.9 Å². The minimum Gasteiger partial charge on any atom is -0.497 e. The van der Waals surface area contributed by atoms with E-state index in [0.29, 0.717) is 33.6 Å². The number of thiophene rings is 1. The number of hydrogen-bond donors (Lipinski definition) is 1. The van der Waals surface area contributed by atoms with Gasteiger partial charge in [0.15, 0.2) is 5.58 Å². The van der Waals surface area contributed by atoms with Crippen molar-refractivity contribution >= 4 is 43.5 Å². The third-order valence-electron chi connectivity index (χ3n) is 4.80. The molecule has 0 aliphatic heterocycles. The second-order valence-electron chi connectivity index (χ2n) is 6.77. The molecule has 5 nitrogen and oxygen atoms in total. The predicted molar refractivity (Wildman–Crippen MR) is 118 cm³/mol. The van der Waals surface area contributed by atoms with Crippen molar-refractivity contribution in [2.45, 2.75) is 26.2 Å². The first-order valence-corrected chi connectivity index (χ1v) is 10.4. The van der Waals surface area contributed by atoms with Gasteiger partial charge in [-0.25, -0.2) is 0 Å². The van der Waals surface area contributed by atoms with Gasteiger partial charge < -0.3 is 9.15 Å². The van der Waals surface area contributed by atoms with Crippen molar-refractivity contribution in [3.63, 3.8) is 0 Å². The van der Waals surface area contributed by atoms with Crippen LogP contribution in [0.4, 0.5) is 5.88 Å². The highest BCUT2D eigenvalue weighted by molar-refractivity contribution is 7.25. The molecule has 1 amide bonds. The molecule has 4 rings (SSSR count). The highest BCUT2D eigenvalue weighted by Gasteiger charge is 2.21. The molecular formula is C23H21NO4S. The molecule has 2 aromatic carbocycles. The van der Waals surface area contributed by atoms with Crippen LogP contribution in [-0.4, -0.2) is 13.0 Å². The third kappa shape index (κ3) is 3.63. The SMILES string of the molecule is CCCCC(=O)Nc1oc2c(sc3ccccc32)c(=O)c1-c1ccc(OC)cc1. The van der Waals surface area contributed by atoms with Crippen molar-refractivity contribution in [3.8, 4) is 16.9 Å². The first kappa shape index (κ1) is 19.2. The number of fused-ring (bicyclic) bond motifs is 3. The lowest BCUT2D eigenvalue weighted by molar-refractivity contribution is -0.116. The van der Waals surface area contributed by atoms with E-state index in [2.05, 4.69) is 5.32 Å². The average molecular weight is 407 g/mol. The number of nitrogens with one attached hydrogen (secondary N) is 1. The summed E-state index contributed by atoms with van der Waals surface area (Å²) in [4.78, 5) is 25.9. The van der Waals surface area contributed by atoms with Gasteiger partial charge in [-0.2, -0.15) is 0 Å². The van der Waals surface area contributed by atoms with Crippen molar-refractivity contribution in [3.05, 3.63) is 58.8 Å². The summed E-state index contributed by atoms with van der Waals surface area (Å²) in [5.41, 5.74) is 1.39. The topological polar surface area (TPSA) is 68.5 Å². The molecule has 6 heteroatoms. The van der Waals surface area contributed by atoms with E-state index in [0.717, 1.165) is 22.9 Å².